The van der Waals surface area contributed by atoms with Gasteiger partial charge in [-0.1, -0.05) is 0 Å². The lowest BCUT2D eigenvalue weighted by molar-refractivity contribution is 0.476. The van der Waals surface area contributed by atoms with Crippen LogP contribution in [0.15, 0.2) is 0 Å². The third kappa shape index (κ3) is 10.2. The van der Waals surface area contributed by atoms with Crippen molar-refractivity contribution in [3.8, 4) is 0 Å². The highest BCUT2D eigenvalue weighted by Gasteiger charge is 2.15. The molecule has 0 aliphatic heterocycles. The molecule has 0 fully saturated rings. The lowest BCUT2D eigenvalue weighted by atomic mass is 10.1. The van der Waals surface area contributed by atoms with E-state index in [1.165, 1.54) is 0 Å². The Kier molecular flexibility index (Phi) is 7.73. The molecule has 0 bridgehead atoms. The van der Waals surface area contributed by atoms with Crippen molar-refractivity contribution in [1.29, 1.82) is 0 Å². The Balaban J connectivity index is 0. The topological polar surface area (TPSA) is 72.2 Å². The summed E-state index contributed by atoms with van der Waals surface area (Å²) in [6, 6.07) is 0. The smallest absolute Gasteiger partial charge is 0.211 e. The summed E-state index contributed by atoms with van der Waals surface area (Å²) in [6.07, 6.45) is 0.0281. The summed E-state index contributed by atoms with van der Waals surface area (Å²) in [7, 11) is -3.35. The van der Waals surface area contributed by atoms with Crippen LogP contribution in [0.25, 0.3) is 0 Å². The molecule has 0 aromatic heterocycles. The average Bonchev–Trinajstić information content (AvgIpc) is 1.97. The SMILES string of the molecule is CC(C)(N)CNS(=O)(=O)CCCF.Cl. The van der Waals surface area contributed by atoms with Gasteiger partial charge in [0, 0.05) is 12.1 Å². The van der Waals surface area contributed by atoms with Crippen molar-refractivity contribution >= 4 is 22.4 Å². The molecule has 0 rings (SSSR count). The first-order chi connectivity index (χ1) is 5.77. The second-order valence-corrected chi connectivity index (χ2v) is 5.60. The van der Waals surface area contributed by atoms with E-state index in [0.29, 0.717) is 0 Å². The van der Waals surface area contributed by atoms with Crippen LogP contribution in [0, 0.1) is 0 Å². The molecule has 3 N–H and O–H groups in total. The Morgan fingerprint density at radius 3 is 2.29 bits per heavy atom. The van der Waals surface area contributed by atoms with Crippen molar-refractivity contribution in [3.63, 3.8) is 0 Å². The molecule has 0 amide bonds. The fraction of sp³-hybridized carbons (Fsp3) is 1.00. The lowest BCUT2D eigenvalue weighted by Crippen LogP contribution is -2.45. The zero-order valence-corrected chi connectivity index (χ0v) is 10.0. The highest BCUT2D eigenvalue weighted by Crippen LogP contribution is 1.96. The molecule has 4 nitrogen and oxygen atoms in total. The molecule has 14 heavy (non-hydrogen) atoms. The molecule has 0 aliphatic rings. The minimum atomic E-state index is -3.35. The van der Waals surface area contributed by atoms with Gasteiger partial charge in [0.05, 0.1) is 12.4 Å². The number of hydrogen-bond donors (Lipinski definition) is 2. The molecule has 0 heterocycles. The third-order valence-corrected chi connectivity index (χ3v) is 2.70. The Labute approximate surface area is 90.9 Å². The summed E-state index contributed by atoms with van der Waals surface area (Å²) >= 11 is 0. The van der Waals surface area contributed by atoms with Crippen LogP contribution in [-0.2, 0) is 10.0 Å². The molecule has 0 unspecified atom stereocenters. The molecule has 0 saturated heterocycles. The minimum absolute atomic E-state index is 0. The summed E-state index contributed by atoms with van der Waals surface area (Å²) in [5.74, 6) is -0.181. The van der Waals surface area contributed by atoms with Gasteiger partial charge in [0.2, 0.25) is 10.0 Å². The molecule has 0 aliphatic carbocycles. The van der Waals surface area contributed by atoms with E-state index in [4.69, 9.17) is 5.73 Å². The Bertz CT molecular complexity index is 239. The summed E-state index contributed by atoms with van der Waals surface area (Å²) in [4.78, 5) is 0. The van der Waals surface area contributed by atoms with E-state index in [1.54, 1.807) is 13.8 Å². The molecule has 7 heteroatoms. The maximum Gasteiger partial charge on any atom is 0.211 e. The number of sulfonamides is 1. The average molecular weight is 249 g/mol. The Hall–Kier alpha value is 0.0900. The van der Waals surface area contributed by atoms with Gasteiger partial charge >= 0.3 is 0 Å². The molecular formula is C7H18ClFN2O2S. The standard InChI is InChI=1S/C7H17FN2O2S.ClH/c1-7(2,9)6-10-13(11,12)5-3-4-8;/h10H,3-6,9H2,1-2H3;1H. The van der Waals surface area contributed by atoms with E-state index in [-0.39, 0.29) is 31.1 Å². The van der Waals surface area contributed by atoms with Crippen LogP contribution >= 0.6 is 12.4 Å². The number of alkyl halides is 1. The van der Waals surface area contributed by atoms with Crippen LogP contribution in [0.4, 0.5) is 4.39 Å². The van der Waals surface area contributed by atoms with E-state index >= 15 is 0 Å². The fourth-order valence-electron chi connectivity index (χ4n) is 0.613. The summed E-state index contributed by atoms with van der Waals surface area (Å²) in [5, 5.41) is 0. The predicted molar refractivity (Wildman–Crippen MR) is 57.9 cm³/mol. The summed E-state index contributed by atoms with van der Waals surface area (Å²) < 4.78 is 36.2. The van der Waals surface area contributed by atoms with Gasteiger partial charge in [-0.2, -0.15) is 0 Å². The molecule has 0 spiro atoms. The molecule has 0 aromatic rings. The summed E-state index contributed by atoms with van der Waals surface area (Å²) in [6.45, 7) is 2.98. The first kappa shape index (κ1) is 16.5. The monoisotopic (exact) mass is 248 g/mol. The molecule has 0 radical (unpaired) electrons. The van der Waals surface area contributed by atoms with E-state index in [0.717, 1.165) is 0 Å². The van der Waals surface area contributed by atoms with E-state index in [9.17, 15) is 12.8 Å². The van der Waals surface area contributed by atoms with Gasteiger partial charge in [0.1, 0.15) is 0 Å². The van der Waals surface area contributed by atoms with Crippen LogP contribution in [0.1, 0.15) is 20.3 Å². The van der Waals surface area contributed by atoms with Gasteiger partial charge < -0.3 is 5.73 Å². The highest BCUT2D eigenvalue weighted by atomic mass is 35.5. The maximum absolute atomic E-state index is 11.7. The third-order valence-electron chi connectivity index (χ3n) is 1.29. The number of nitrogens with one attached hydrogen (secondary N) is 1. The van der Waals surface area contributed by atoms with Gasteiger partial charge in [0.25, 0.3) is 0 Å². The van der Waals surface area contributed by atoms with Gasteiger partial charge in [-0.3, -0.25) is 4.39 Å². The Morgan fingerprint density at radius 2 is 1.93 bits per heavy atom. The van der Waals surface area contributed by atoms with E-state index < -0.39 is 22.2 Å². The first-order valence-corrected chi connectivity index (χ1v) is 5.74. The van der Waals surface area contributed by atoms with Crippen LogP contribution in [0.3, 0.4) is 0 Å². The highest BCUT2D eigenvalue weighted by molar-refractivity contribution is 7.89. The van der Waals surface area contributed by atoms with Crippen molar-refractivity contribution in [2.75, 3.05) is 19.0 Å². The molecular weight excluding hydrogens is 231 g/mol. The molecule has 0 atom stereocenters. The fourth-order valence-corrected chi connectivity index (χ4v) is 1.84. The normalized spacial score (nSPS) is 12.3. The predicted octanol–water partition coefficient (Wildman–Crippen LogP) is 0.424. The number of hydrogen-bond acceptors (Lipinski definition) is 3. The summed E-state index contributed by atoms with van der Waals surface area (Å²) in [5.41, 5.74) is 4.99. The minimum Gasteiger partial charge on any atom is -0.324 e. The van der Waals surface area contributed by atoms with Crippen molar-refractivity contribution in [1.82, 2.24) is 4.72 Å². The van der Waals surface area contributed by atoms with Crippen LogP contribution in [-0.4, -0.2) is 32.9 Å². The second kappa shape index (κ2) is 6.55. The number of rotatable bonds is 6. The number of halogens is 2. The molecule has 0 aromatic carbocycles. The Morgan fingerprint density at radius 1 is 1.43 bits per heavy atom. The van der Waals surface area contributed by atoms with E-state index in [2.05, 4.69) is 4.72 Å². The van der Waals surface area contributed by atoms with Gasteiger partial charge in [-0.05, 0) is 20.3 Å². The second-order valence-electron chi connectivity index (χ2n) is 3.67. The maximum atomic E-state index is 11.7. The zero-order valence-electron chi connectivity index (χ0n) is 8.42. The van der Waals surface area contributed by atoms with Crippen molar-refractivity contribution in [2.24, 2.45) is 5.73 Å². The van der Waals surface area contributed by atoms with Crippen molar-refractivity contribution in [2.45, 2.75) is 25.8 Å². The quantitative estimate of drug-likeness (QED) is 0.716. The van der Waals surface area contributed by atoms with Crippen molar-refractivity contribution < 1.29 is 12.8 Å². The van der Waals surface area contributed by atoms with Gasteiger partial charge in [-0.15, -0.1) is 12.4 Å². The van der Waals surface area contributed by atoms with Gasteiger partial charge in [-0.25, -0.2) is 13.1 Å². The molecule has 0 saturated carbocycles. The van der Waals surface area contributed by atoms with Crippen LogP contribution in [0.2, 0.25) is 0 Å². The van der Waals surface area contributed by atoms with Crippen LogP contribution in [0.5, 0.6) is 0 Å². The van der Waals surface area contributed by atoms with Crippen LogP contribution < -0.4 is 10.5 Å². The lowest BCUT2D eigenvalue weighted by Gasteiger charge is -2.18. The van der Waals surface area contributed by atoms with Crippen molar-refractivity contribution in [3.05, 3.63) is 0 Å². The van der Waals surface area contributed by atoms with E-state index in [1.807, 2.05) is 0 Å². The number of nitrogens with two attached hydrogens (primary N) is 1. The zero-order chi connectivity index (χ0) is 10.5. The van der Waals surface area contributed by atoms with Gasteiger partial charge in [0.15, 0.2) is 0 Å². The first-order valence-electron chi connectivity index (χ1n) is 4.09. The largest absolute Gasteiger partial charge is 0.324 e. The molecule has 88 valence electrons.